The molecule has 0 unspecified atom stereocenters. The first-order valence-electron chi connectivity index (χ1n) is 8.58. The third-order valence-corrected chi connectivity index (χ3v) is 4.92. The molecule has 0 bridgehead atoms. The lowest BCUT2D eigenvalue weighted by Crippen LogP contribution is -2.24. The molecule has 28 heavy (non-hydrogen) atoms. The Hall–Kier alpha value is -3.01. The maximum absolute atomic E-state index is 12.4. The van der Waals surface area contributed by atoms with Crippen LogP contribution < -0.4 is 21.3 Å². The third-order valence-electron chi connectivity index (χ3n) is 3.69. The number of methoxy groups -OCH3 is 1. The summed E-state index contributed by atoms with van der Waals surface area (Å²) in [6.45, 7) is 3.80. The Morgan fingerprint density at radius 3 is 2.50 bits per heavy atom. The number of esters is 1. The average Bonchev–Trinajstić information content (AvgIpc) is 2.69. The minimum Gasteiger partial charge on any atom is -0.497 e. The fraction of sp³-hybridized carbons (Fsp3) is 0.333. The highest BCUT2D eigenvalue weighted by Crippen LogP contribution is 2.24. The summed E-state index contributed by atoms with van der Waals surface area (Å²) in [5.41, 5.74) is 5.40. The summed E-state index contributed by atoms with van der Waals surface area (Å²) in [4.78, 5) is 43.2. The van der Waals surface area contributed by atoms with E-state index >= 15 is 0 Å². The lowest BCUT2D eigenvalue weighted by atomic mass is 10.2. The van der Waals surface area contributed by atoms with Crippen LogP contribution in [0.5, 0.6) is 5.75 Å². The number of nitrogens with one attached hydrogen (secondary N) is 2. The number of carbonyl (C=O) groups is 2. The van der Waals surface area contributed by atoms with Crippen LogP contribution in [-0.2, 0) is 9.53 Å². The molecule has 0 fully saturated rings. The lowest BCUT2D eigenvalue weighted by molar-refractivity contribution is -0.142. The van der Waals surface area contributed by atoms with E-state index in [1.165, 1.54) is 7.11 Å². The van der Waals surface area contributed by atoms with Crippen molar-refractivity contribution < 1.29 is 19.1 Å². The summed E-state index contributed by atoms with van der Waals surface area (Å²) in [5, 5.41) is 2.10. The van der Waals surface area contributed by atoms with E-state index < -0.39 is 22.7 Å². The lowest BCUT2D eigenvalue weighted by Gasteiger charge is -2.13. The molecule has 1 aromatic heterocycles. The molecule has 4 N–H and O–H groups in total. The molecule has 1 aromatic carbocycles. The number of H-pyrrole nitrogens is 1. The number of benzene rings is 1. The minimum atomic E-state index is -0.615. The Morgan fingerprint density at radius 1 is 1.29 bits per heavy atom. The van der Waals surface area contributed by atoms with Gasteiger partial charge in [-0.1, -0.05) is 18.7 Å². The number of aromatic amines is 1. The second-order valence-corrected chi connectivity index (χ2v) is 6.77. The summed E-state index contributed by atoms with van der Waals surface area (Å²) in [6.07, 6.45) is 0.489. The Kier molecular flexibility index (Phi) is 7.44. The van der Waals surface area contributed by atoms with Gasteiger partial charge in [0.1, 0.15) is 16.7 Å². The van der Waals surface area contributed by atoms with Crippen molar-refractivity contribution in [3.63, 3.8) is 0 Å². The van der Waals surface area contributed by atoms with Gasteiger partial charge in [-0.2, -0.15) is 0 Å². The summed E-state index contributed by atoms with van der Waals surface area (Å²) in [6, 6.07) is 6.37. The van der Waals surface area contributed by atoms with E-state index in [0.29, 0.717) is 17.7 Å². The number of amides is 1. The number of nitrogens with zero attached hydrogens (tertiary/aromatic N) is 1. The predicted octanol–water partition coefficient (Wildman–Crippen LogP) is 2.05. The fourth-order valence-electron chi connectivity index (χ4n) is 2.24. The molecule has 150 valence electrons. The van der Waals surface area contributed by atoms with E-state index in [1.54, 1.807) is 31.2 Å². The molecule has 0 aliphatic heterocycles. The number of rotatable bonds is 8. The molecule has 0 spiro atoms. The van der Waals surface area contributed by atoms with Crippen LogP contribution in [0, 0.1) is 0 Å². The van der Waals surface area contributed by atoms with Gasteiger partial charge >= 0.3 is 5.97 Å². The molecular weight excluding hydrogens is 384 g/mol. The zero-order valence-corrected chi connectivity index (χ0v) is 16.6. The van der Waals surface area contributed by atoms with Crippen LogP contribution in [0.25, 0.3) is 0 Å². The highest BCUT2D eigenvalue weighted by molar-refractivity contribution is 8.00. The molecular formula is C18H22N4O5S. The van der Waals surface area contributed by atoms with Gasteiger partial charge < -0.3 is 20.5 Å². The largest absolute Gasteiger partial charge is 0.497 e. The molecule has 1 amide bonds. The van der Waals surface area contributed by atoms with Crippen LogP contribution in [0.1, 0.15) is 30.6 Å². The van der Waals surface area contributed by atoms with Gasteiger partial charge in [0.05, 0.1) is 13.7 Å². The van der Waals surface area contributed by atoms with Crippen LogP contribution >= 0.6 is 11.8 Å². The number of nitrogens with two attached hydrogens (primary N) is 1. The van der Waals surface area contributed by atoms with Crippen molar-refractivity contribution >= 4 is 35.1 Å². The Balaban J connectivity index is 2.17. The van der Waals surface area contributed by atoms with Crippen molar-refractivity contribution in [2.45, 2.75) is 30.7 Å². The Morgan fingerprint density at radius 2 is 1.96 bits per heavy atom. The zero-order chi connectivity index (χ0) is 20.7. The van der Waals surface area contributed by atoms with Gasteiger partial charge in [-0.05, 0) is 37.6 Å². The third kappa shape index (κ3) is 5.26. The monoisotopic (exact) mass is 406 g/mol. The molecule has 0 aliphatic carbocycles. The topological polar surface area (TPSA) is 136 Å². The minimum absolute atomic E-state index is 0.146. The van der Waals surface area contributed by atoms with Crippen LogP contribution in [-0.4, -0.2) is 40.8 Å². The highest BCUT2D eigenvalue weighted by Gasteiger charge is 2.22. The molecule has 2 rings (SSSR count). The first-order chi connectivity index (χ1) is 13.4. The molecule has 0 saturated heterocycles. The van der Waals surface area contributed by atoms with Gasteiger partial charge in [0.25, 0.3) is 11.5 Å². The van der Waals surface area contributed by atoms with E-state index in [9.17, 15) is 14.4 Å². The first kappa shape index (κ1) is 21.3. The van der Waals surface area contributed by atoms with Crippen molar-refractivity contribution in [1.82, 2.24) is 9.97 Å². The number of nitrogen functional groups attached to an aromatic ring is 1. The molecule has 0 aliphatic rings. The van der Waals surface area contributed by atoms with Crippen molar-refractivity contribution in [2.24, 2.45) is 0 Å². The van der Waals surface area contributed by atoms with Gasteiger partial charge in [0, 0.05) is 5.56 Å². The molecule has 1 atom stereocenters. The fourth-order valence-corrected chi connectivity index (χ4v) is 3.15. The number of thioether (sulfide) groups is 1. The number of anilines is 2. The predicted molar refractivity (Wildman–Crippen MR) is 107 cm³/mol. The summed E-state index contributed by atoms with van der Waals surface area (Å²) in [5.74, 6) is -0.455. The first-order valence-corrected chi connectivity index (χ1v) is 9.46. The Labute approximate surface area is 166 Å². The summed E-state index contributed by atoms with van der Waals surface area (Å²) >= 11 is 1.05. The Bertz CT molecular complexity index is 898. The second kappa shape index (κ2) is 9.79. The van der Waals surface area contributed by atoms with E-state index in [0.717, 1.165) is 11.8 Å². The second-order valence-electron chi connectivity index (χ2n) is 5.58. The van der Waals surface area contributed by atoms with Crippen molar-refractivity contribution in [1.29, 1.82) is 0 Å². The zero-order valence-electron chi connectivity index (χ0n) is 15.8. The number of hydrogen-bond acceptors (Lipinski definition) is 8. The number of carbonyl (C=O) groups excluding carboxylic acids is 2. The van der Waals surface area contributed by atoms with Gasteiger partial charge in [0.15, 0.2) is 11.0 Å². The van der Waals surface area contributed by atoms with E-state index in [-0.39, 0.29) is 23.3 Å². The van der Waals surface area contributed by atoms with E-state index in [4.69, 9.17) is 15.2 Å². The van der Waals surface area contributed by atoms with Gasteiger partial charge in [-0.15, -0.1) is 0 Å². The summed E-state index contributed by atoms with van der Waals surface area (Å²) < 4.78 is 10.0. The maximum atomic E-state index is 12.4. The quantitative estimate of drug-likeness (QED) is 0.344. The smallest absolute Gasteiger partial charge is 0.319 e. The van der Waals surface area contributed by atoms with E-state index in [2.05, 4.69) is 15.3 Å². The molecule has 10 heteroatoms. The standard InChI is InChI=1S/C18H22N4O5S/c1-4-12(17(25)27-5-2)28-18-21-14(19)13(16(24)22-18)20-15(23)10-6-8-11(26-3)9-7-10/h6-9,12H,4-5H2,1-3H3,(H,20,23)(H3,19,21,22,24)/t12-/m0/s1. The normalized spacial score (nSPS) is 11.5. The molecule has 2 aromatic rings. The number of hydrogen-bond donors (Lipinski definition) is 3. The molecule has 1 heterocycles. The van der Waals surface area contributed by atoms with Gasteiger partial charge in [0.2, 0.25) is 0 Å². The van der Waals surface area contributed by atoms with Crippen LogP contribution in [0.2, 0.25) is 0 Å². The van der Waals surface area contributed by atoms with Crippen molar-refractivity contribution in [2.75, 3.05) is 24.8 Å². The molecule has 9 nitrogen and oxygen atoms in total. The number of aromatic nitrogens is 2. The van der Waals surface area contributed by atoms with Crippen LogP contribution in [0.4, 0.5) is 11.5 Å². The van der Waals surface area contributed by atoms with Crippen LogP contribution in [0.3, 0.4) is 0 Å². The van der Waals surface area contributed by atoms with Gasteiger partial charge in [-0.3, -0.25) is 19.4 Å². The number of ether oxygens (including phenoxy) is 2. The molecule has 0 saturated carbocycles. The molecule has 0 radical (unpaired) electrons. The highest BCUT2D eigenvalue weighted by atomic mass is 32.2. The average molecular weight is 406 g/mol. The van der Waals surface area contributed by atoms with Gasteiger partial charge in [-0.25, -0.2) is 4.98 Å². The van der Waals surface area contributed by atoms with Crippen LogP contribution in [0.15, 0.2) is 34.2 Å². The summed E-state index contributed by atoms with van der Waals surface area (Å²) in [7, 11) is 1.52. The van der Waals surface area contributed by atoms with Crippen molar-refractivity contribution in [3.05, 3.63) is 40.2 Å². The SMILES string of the molecule is CCOC(=O)[C@H](CC)Sc1nc(N)c(NC(=O)c2ccc(OC)cc2)c(=O)[nH]1. The van der Waals surface area contributed by atoms with E-state index in [1.807, 2.05) is 6.92 Å². The maximum Gasteiger partial charge on any atom is 0.319 e. The van der Waals surface area contributed by atoms with Crippen molar-refractivity contribution in [3.8, 4) is 5.75 Å².